The topological polar surface area (TPSA) is 143 Å². The van der Waals surface area contributed by atoms with Crippen LogP contribution < -0.4 is 16.0 Å². The first-order valence-corrected chi connectivity index (χ1v) is 15.6. The standard InChI is InChI=1S/C31H40ClFN8O2/c1-4-8-21(5-2)40(22(6-3)9-7-14-42)30-36-18-26-29(39-30)41(23-12-10-20(11-13-23)28(35)43)31(37-26)38-27-24(32)15-19(17-34)16-25(27)33/h14-16,18,20-23H,4-13H2,1-3H3,(H2,35,43)(H,37,38)/t20?,21-,22-,23?/m0/s1. The molecule has 0 aliphatic heterocycles. The molecule has 1 fully saturated rings. The molecule has 1 aliphatic rings. The van der Waals surface area contributed by atoms with Crippen molar-refractivity contribution in [3.05, 3.63) is 34.7 Å². The predicted molar refractivity (Wildman–Crippen MR) is 166 cm³/mol. The molecule has 12 heteroatoms. The molecule has 0 radical (unpaired) electrons. The Balaban J connectivity index is 1.85. The highest BCUT2D eigenvalue weighted by atomic mass is 35.5. The zero-order chi connectivity index (χ0) is 31.1. The number of nitriles is 1. The molecule has 1 saturated carbocycles. The van der Waals surface area contributed by atoms with E-state index in [4.69, 9.17) is 32.3 Å². The SMILES string of the molecule is CCC[C@H](CC)N(c1ncc2nc(Nc3c(F)cc(C#N)cc3Cl)n(C3CCC(C(N)=O)CC3)c2n1)[C@@H](CC)CCC=O. The van der Waals surface area contributed by atoms with Gasteiger partial charge in [0.15, 0.2) is 5.65 Å². The van der Waals surface area contributed by atoms with Gasteiger partial charge in [-0.25, -0.2) is 14.4 Å². The number of amides is 1. The normalized spacial score (nSPS) is 18.1. The molecule has 1 aromatic carbocycles. The maximum Gasteiger partial charge on any atom is 0.227 e. The minimum Gasteiger partial charge on any atom is -0.369 e. The van der Waals surface area contributed by atoms with Gasteiger partial charge in [0.05, 0.1) is 28.5 Å². The Morgan fingerprint density at radius 3 is 2.49 bits per heavy atom. The van der Waals surface area contributed by atoms with Crippen LogP contribution in [0.1, 0.15) is 96.6 Å². The van der Waals surface area contributed by atoms with Gasteiger partial charge in [-0.15, -0.1) is 0 Å². The average molecular weight is 611 g/mol. The second-order valence-corrected chi connectivity index (χ2v) is 11.6. The lowest BCUT2D eigenvalue weighted by atomic mass is 9.85. The Morgan fingerprint density at radius 1 is 1.21 bits per heavy atom. The van der Waals surface area contributed by atoms with E-state index in [0.717, 1.165) is 38.0 Å². The zero-order valence-electron chi connectivity index (χ0n) is 25.0. The molecule has 4 rings (SSSR count). The number of nitrogens with zero attached hydrogens (tertiary/aromatic N) is 6. The van der Waals surface area contributed by atoms with Crippen molar-refractivity contribution in [2.24, 2.45) is 11.7 Å². The van der Waals surface area contributed by atoms with E-state index in [1.54, 1.807) is 6.20 Å². The lowest BCUT2D eigenvalue weighted by molar-refractivity contribution is -0.122. The van der Waals surface area contributed by atoms with Crippen LogP contribution >= 0.6 is 11.6 Å². The summed E-state index contributed by atoms with van der Waals surface area (Å²) in [4.78, 5) is 40.1. The number of carbonyl (C=O) groups is 2. The maximum absolute atomic E-state index is 15.1. The van der Waals surface area contributed by atoms with E-state index < -0.39 is 5.82 Å². The van der Waals surface area contributed by atoms with Gasteiger partial charge in [0.25, 0.3) is 0 Å². The van der Waals surface area contributed by atoms with E-state index in [1.807, 2.05) is 10.6 Å². The van der Waals surface area contributed by atoms with E-state index in [2.05, 4.69) is 31.0 Å². The van der Waals surface area contributed by atoms with Crippen LogP contribution in [0.5, 0.6) is 0 Å². The molecule has 10 nitrogen and oxygen atoms in total. The number of aldehydes is 1. The molecule has 0 unspecified atom stereocenters. The monoisotopic (exact) mass is 610 g/mol. The highest BCUT2D eigenvalue weighted by Crippen LogP contribution is 2.39. The van der Waals surface area contributed by atoms with Crippen LogP contribution in [0.4, 0.5) is 22.0 Å². The Kier molecular flexibility index (Phi) is 10.9. The van der Waals surface area contributed by atoms with Gasteiger partial charge in [0.2, 0.25) is 17.8 Å². The van der Waals surface area contributed by atoms with E-state index in [-0.39, 0.29) is 46.2 Å². The Morgan fingerprint density at radius 2 is 1.91 bits per heavy atom. The highest BCUT2D eigenvalue weighted by molar-refractivity contribution is 6.33. The summed E-state index contributed by atoms with van der Waals surface area (Å²) < 4.78 is 17.1. The molecule has 1 aliphatic carbocycles. The van der Waals surface area contributed by atoms with E-state index in [0.29, 0.717) is 61.6 Å². The van der Waals surface area contributed by atoms with Crippen molar-refractivity contribution in [2.45, 2.75) is 103 Å². The van der Waals surface area contributed by atoms with Crippen molar-refractivity contribution >= 4 is 52.5 Å². The average Bonchev–Trinajstić information content (AvgIpc) is 3.37. The fourth-order valence-electron chi connectivity index (χ4n) is 6.23. The number of carbonyl (C=O) groups excluding carboxylic acids is 2. The van der Waals surface area contributed by atoms with E-state index in [9.17, 15) is 14.9 Å². The van der Waals surface area contributed by atoms with Gasteiger partial charge < -0.3 is 20.7 Å². The van der Waals surface area contributed by atoms with Crippen molar-refractivity contribution in [1.29, 1.82) is 5.26 Å². The third kappa shape index (κ3) is 7.07. The Labute approximate surface area is 256 Å². The van der Waals surface area contributed by atoms with Gasteiger partial charge >= 0.3 is 0 Å². The highest BCUT2D eigenvalue weighted by Gasteiger charge is 2.31. The predicted octanol–water partition coefficient (Wildman–Crippen LogP) is 6.59. The van der Waals surface area contributed by atoms with Gasteiger partial charge in [-0.3, -0.25) is 9.36 Å². The summed E-state index contributed by atoms with van der Waals surface area (Å²) in [6, 6.07) is 4.60. The number of imidazole rings is 1. The van der Waals surface area contributed by atoms with Crippen LogP contribution in [0.2, 0.25) is 5.02 Å². The number of nitrogens with one attached hydrogen (secondary N) is 1. The van der Waals surface area contributed by atoms with Crippen molar-refractivity contribution in [3.8, 4) is 6.07 Å². The zero-order valence-corrected chi connectivity index (χ0v) is 25.8. The van der Waals surface area contributed by atoms with Crippen LogP contribution in [0.25, 0.3) is 11.2 Å². The minimum absolute atomic E-state index is 0.00626. The summed E-state index contributed by atoms with van der Waals surface area (Å²) in [5.74, 6) is -0.275. The smallest absolute Gasteiger partial charge is 0.227 e. The number of aromatic nitrogens is 4. The fraction of sp³-hybridized carbons (Fsp3) is 0.548. The van der Waals surface area contributed by atoms with Crippen molar-refractivity contribution in [2.75, 3.05) is 10.2 Å². The first-order chi connectivity index (χ1) is 20.8. The van der Waals surface area contributed by atoms with Gasteiger partial charge in [-0.05, 0) is 63.5 Å². The number of rotatable bonds is 14. The van der Waals surface area contributed by atoms with Gasteiger partial charge in [-0.2, -0.15) is 10.2 Å². The van der Waals surface area contributed by atoms with E-state index >= 15 is 4.39 Å². The van der Waals surface area contributed by atoms with Gasteiger partial charge in [-0.1, -0.05) is 38.8 Å². The summed E-state index contributed by atoms with van der Waals surface area (Å²) in [5.41, 5.74) is 6.84. The first-order valence-electron chi connectivity index (χ1n) is 15.2. The lowest BCUT2D eigenvalue weighted by Crippen LogP contribution is -2.44. The minimum atomic E-state index is -0.677. The number of nitrogens with two attached hydrogens (primary N) is 1. The molecule has 0 spiro atoms. The molecule has 2 heterocycles. The fourth-order valence-corrected chi connectivity index (χ4v) is 6.48. The number of halogens is 2. The second-order valence-electron chi connectivity index (χ2n) is 11.2. The largest absolute Gasteiger partial charge is 0.369 e. The van der Waals surface area contributed by atoms with Crippen LogP contribution in [0.15, 0.2) is 18.3 Å². The number of hydrogen-bond donors (Lipinski definition) is 2. The summed E-state index contributed by atoms with van der Waals surface area (Å²) in [6.45, 7) is 6.41. The number of benzene rings is 1. The molecule has 2 atom stereocenters. The second kappa shape index (κ2) is 14.6. The number of fused-ring (bicyclic) bond motifs is 1. The molecule has 43 heavy (non-hydrogen) atoms. The maximum atomic E-state index is 15.1. The van der Waals surface area contributed by atoms with Crippen molar-refractivity contribution in [3.63, 3.8) is 0 Å². The third-order valence-electron chi connectivity index (χ3n) is 8.49. The third-order valence-corrected chi connectivity index (χ3v) is 8.79. The summed E-state index contributed by atoms with van der Waals surface area (Å²) in [7, 11) is 0. The van der Waals surface area contributed by atoms with Crippen LogP contribution in [0, 0.1) is 23.1 Å². The number of primary amides is 1. The molecule has 1 amide bonds. The molecular weight excluding hydrogens is 571 g/mol. The molecule has 230 valence electrons. The molecule has 0 bridgehead atoms. The summed E-state index contributed by atoms with van der Waals surface area (Å²) >= 11 is 6.39. The van der Waals surface area contributed by atoms with Crippen molar-refractivity contribution in [1.82, 2.24) is 19.5 Å². The molecule has 3 aromatic rings. The van der Waals surface area contributed by atoms with Crippen LogP contribution in [-0.2, 0) is 9.59 Å². The van der Waals surface area contributed by atoms with Crippen LogP contribution in [0.3, 0.4) is 0 Å². The first kappa shape index (κ1) is 32.1. The molecular formula is C31H40ClFN8O2. The quantitative estimate of drug-likeness (QED) is 0.194. The van der Waals surface area contributed by atoms with E-state index in [1.165, 1.54) is 6.07 Å². The summed E-state index contributed by atoms with van der Waals surface area (Å²) in [6.07, 6.45) is 10.0. The van der Waals surface area contributed by atoms with Crippen molar-refractivity contribution < 1.29 is 14.0 Å². The summed E-state index contributed by atoms with van der Waals surface area (Å²) in [5, 5.41) is 12.3. The Bertz CT molecular complexity index is 1460. The molecule has 3 N–H and O–H groups in total. The molecule has 0 saturated heterocycles. The van der Waals surface area contributed by atoms with Crippen LogP contribution in [-0.4, -0.2) is 43.8 Å². The molecule has 2 aromatic heterocycles. The Hall–Kier alpha value is -3.78. The van der Waals surface area contributed by atoms with Gasteiger partial charge in [0, 0.05) is 30.5 Å². The van der Waals surface area contributed by atoms with Gasteiger partial charge in [0.1, 0.15) is 17.6 Å². The number of anilines is 3. The number of hydrogen-bond acceptors (Lipinski definition) is 8. The lowest BCUT2D eigenvalue weighted by Gasteiger charge is -2.38.